The molecule has 0 fully saturated rings. The Morgan fingerprint density at radius 2 is 1.77 bits per heavy atom. The van der Waals surface area contributed by atoms with Crippen molar-refractivity contribution in [2.75, 3.05) is 4.72 Å². The molecular formula is C22H21N3O3S2. The third kappa shape index (κ3) is 4.39. The number of hydrogen-bond acceptors (Lipinski definition) is 5. The minimum absolute atomic E-state index is 0.278. The van der Waals surface area contributed by atoms with Crippen LogP contribution < -0.4 is 9.46 Å². The van der Waals surface area contributed by atoms with Crippen LogP contribution in [0.5, 0.6) is 11.5 Å². The lowest BCUT2D eigenvalue weighted by molar-refractivity contribution is 0.481. The summed E-state index contributed by atoms with van der Waals surface area (Å²) in [5, 5.41) is 6.28. The van der Waals surface area contributed by atoms with E-state index in [-0.39, 0.29) is 4.21 Å². The highest BCUT2D eigenvalue weighted by molar-refractivity contribution is 7.94. The number of para-hydroxylation sites is 1. The van der Waals surface area contributed by atoms with E-state index in [4.69, 9.17) is 4.74 Å². The topological polar surface area (TPSA) is 73.2 Å². The summed E-state index contributed by atoms with van der Waals surface area (Å²) in [5.74, 6) is 1.50. The molecule has 2 aromatic carbocycles. The molecule has 0 aliphatic carbocycles. The highest BCUT2D eigenvalue weighted by Crippen LogP contribution is 2.27. The number of nitrogens with zero attached hydrogens (tertiary/aromatic N) is 2. The van der Waals surface area contributed by atoms with Crippen molar-refractivity contribution in [2.24, 2.45) is 0 Å². The number of rotatable bonds is 7. The number of anilines is 1. The van der Waals surface area contributed by atoms with Crippen molar-refractivity contribution < 1.29 is 13.2 Å². The second-order valence-corrected chi connectivity index (χ2v) is 9.66. The Labute approximate surface area is 179 Å². The molecule has 0 amide bonds. The van der Waals surface area contributed by atoms with Crippen LogP contribution in [0.2, 0.25) is 0 Å². The van der Waals surface area contributed by atoms with Crippen LogP contribution >= 0.6 is 11.3 Å². The number of aryl methyl sites for hydroxylation is 1. The van der Waals surface area contributed by atoms with Gasteiger partial charge in [0.1, 0.15) is 15.7 Å². The van der Waals surface area contributed by atoms with E-state index in [9.17, 15) is 8.42 Å². The van der Waals surface area contributed by atoms with Crippen LogP contribution in [0.15, 0.2) is 76.3 Å². The maximum Gasteiger partial charge on any atom is 0.271 e. The molecule has 0 bridgehead atoms. The highest BCUT2D eigenvalue weighted by atomic mass is 32.2. The van der Waals surface area contributed by atoms with Crippen molar-refractivity contribution in [3.63, 3.8) is 0 Å². The Hall–Kier alpha value is -3.10. The van der Waals surface area contributed by atoms with Gasteiger partial charge in [0, 0.05) is 0 Å². The predicted octanol–water partition coefficient (Wildman–Crippen LogP) is 5.20. The lowest BCUT2D eigenvalue weighted by Gasteiger charge is -2.10. The summed E-state index contributed by atoms with van der Waals surface area (Å²) in [7, 11) is -3.62. The van der Waals surface area contributed by atoms with Gasteiger partial charge in [0.05, 0.1) is 23.6 Å². The molecule has 0 saturated heterocycles. The fourth-order valence-corrected chi connectivity index (χ4v) is 5.27. The molecule has 1 N–H and O–H groups in total. The van der Waals surface area contributed by atoms with Crippen molar-refractivity contribution in [1.29, 1.82) is 0 Å². The second-order valence-electron chi connectivity index (χ2n) is 6.80. The highest BCUT2D eigenvalue weighted by Gasteiger charge is 2.20. The summed E-state index contributed by atoms with van der Waals surface area (Å²) >= 11 is 1.18. The van der Waals surface area contributed by atoms with Gasteiger partial charge in [0.15, 0.2) is 0 Å². The lowest BCUT2D eigenvalue weighted by atomic mass is 10.2. The van der Waals surface area contributed by atoms with Gasteiger partial charge in [0.2, 0.25) is 0 Å². The fraction of sp³-hybridized carbons (Fsp3) is 0.136. The first-order valence-corrected chi connectivity index (χ1v) is 11.7. The molecule has 2 aromatic heterocycles. The molecule has 6 nitrogen and oxygen atoms in total. The number of sulfonamides is 1. The Morgan fingerprint density at radius 3 is 2.50 bits per heavy atom. The molecule has 2 heterocycles. The zero-order valence-electron chi connectivity index (χ0n) is 16.6. The number of benzene rings is 2. The maximum absolute atomic E-state index is 12.6. The molecule has 154 valence electrons. The third-order valence-electron chi connectivity index (χ3n) is 4.59. The van der Waals surface area contributed by atoms with Gasteiger partial charge in [0.25, 0.3) is 10.0 Å². The molecule has 0 aliphatic rings. The molecule has 0 atom stereocenters. The van der Waals surface area contributed by atoms with Crippen molar-refractivity contribution in [1.82, 2.24) is 9.78 Å². The van der Waals surface area contributed by atoms with Crippen molar-refractivity contribution in [3.8, 4) is 11.5 Å². The van der Waals surface area contributed by atoms with E-state index in [1.807, 2.05) is 61.5 Å². The summed E-state index contributed by atoms with van der Waals surface area (Å²) < 4.78 is 35.9. The van der Waals surface area contributed by atoms with Crippen molar-refractivity contribution in [2.45, 2.75) is 24.6 Å². The standard InChI is InChI=1S/C22H21N3O3S2/c1-16-22(24-30(26,27)21-12-7-13-29-21)17(2)25(23-16)15-18-8-6-11-20(14-18)28-19-9-4-3-5-10-19/h3-14,24H,15H2,1-2H3. The van der Waals surface area contributed by atoms with Crippen LogP contribution in [0, 0.1) is 13.8 Å². The molecule has 4 rings (SSSR count). The molecule has 0 spiro atoms. The fourth-order valence-electron chi connectivity index (χ4n) is 3.10. The van der Waals surface area contributed by atoms with Gasteiger partial charge in [-0.05, 0) is 55.1 Å². The zero-order valence-corrected chi connectivity index (χ0v) is 18.2. The van der Waals surface area contributed by atoms with E-state index in [0.717, 1.165) is 22.8 Å². The molecule has 8 heteroatoms. The van der Waals surface area contributed by atoms with E-state index < -0.39 is 10.0 Å². The Morgan fingerprint density at radius 1 is 1.00 bits per heavy atom. The van der Waals surface area contributed by atoms with Gasteiger partial charge in [-0.25, -0.2) is 8.42 Å². The van der Waals surface area contributed by atoms with Crippen molar-refractivity contribution >= 4 is 27.0 Å². The van der Waals surface area contributed by atoms with Crippen LogP contribution in [0.4, 0.5) is 5.69 Å². The molecule has 30 heavy (non-hydrogen) atoms. The van der Waals surface area contributed by atoms with E-state index in [1.54, 1.807) is 29.1 Å². The molecule has 0 saturated carbocycles. The zero-order chi connectivity index (χ0) is 21.1. The van der Waals surface area contributed by atoms with Gasteiger partial charge in [-0.15, -0.1) is 11.3 Å². The van der Waals surface area contributed by atoms with Gasteiger partial charge in [-0.3, -0.25) is 9.40 Å². The first kappa shape index (κ1) is 20.2. The Balaban J connectivity index is 1.55. The average Bonchev–Trinajstić information content (AvgIpc) is 3.35. The number of hydrogen-bond donors (Lipinski definition) is 1. The predicted molar refractivity (Wildman–Crippen MR) is 119 cm³/mol. The SMILES string of the molecule is Cc1nn(Cc2cccc(Oc3ccccc3)c2)c(C)c1NS(=O)(=O)c1cccs1. The van der Waals surface area contributed by atoms with Crippen LogP contribution in [0.25, 0.3) is 0 Å². The van der Waals surface area contributed by atoms with E-state index in [0.29, 0.717) is 17.9 Å². The van der Waals surface area contributed by atoms with Gasteiger partial charge in [-0.2, -0.15) is 5.10 Å². The van der Waals surface area contributed by atoms with Crippen LogP contribution in [-0.4, -0.2) is 18.2 Å². The number of nitrogens with one attached hydrogen (secondary N) is 1. The summed E-state index contributed by atoms with van der Waals surface area (Å²) in [6, 6.07) is 20.7. The van der Waals surface area contributed by atoms with Crippen molar-refractivity contribution in [3.05, 3.63) is 89.1 Å². The third-order valence-corrected chi connectivity index (χ3v) is 7.33. The van der Waals surface area contributed by atoms with Crippen LogP contribution in [0.1, 0.15) is 17.0 Å². The lowest BCUT2D eigenvalue weighted by Crippen LogP contribution is -2.13. The quantitative estimate of drug-likeness (QED) is 0.429. The Kier molecular flexibility index (Phi) is 5.61. The average molecular weight is 440 g/mol. The molecule has 0 aliphatic heterocycles. The number of ether oxygens (including phenoxy) is 1. The minimum atomic E-state index is -3.62. The van der Waals surface area contributed by atoms with Gasteiger partial charge in [-0.1, -0.05) is 36.4 Å². The molecule has 0 radical (unpaired) electrons. The van der Waals surface area contributed by atoms with Gasteiger partial charge < -0.3 is 4.74 Å². The summed E-state index contributed by atoms with van der Waals surface area (Å²) in [5.41, 5.74) is 2.90. The van der Waals surface area contributed by atoms with E-state index in [1.165, 1.54) is 11.3 Å². The van der Waals surface area contributed by atoms with Gasteiger partial charge >= 0.3 is 0 Å². The first-order valence-electron chi connectivity index (χ1n) is 9.34. The van der Waals surface area contributed by atoms with E-state index in [2.05, 4.69) is 9.82 Å². The largest absolute Gasteiger partial charge is 0.457 e. The smallest absolute Gasteiger partial charge is 0.271 e. The molecule has 0 unspecified atom stereocenters. The summed E-state index contributed by atoms with van der Waals surface area (Å²) in [4.78, 5) is 0. The first-order chi connectivity index (χ1) is 14.4. The van der Waals surface area contributed by atoms with E-state index >= 15 is 0 Å². The maximum atomic E-state index is 12.6. The molecule has 4 aromatic rings. The minimum Gasteiger partial charge on any atom is -0.457 e. The number of aromatic nitrogens is 2. The molecular weight excluding hydrogens is 418 g/mol. The summed E-state index contributed by atoms with van der Waals surface area (Å²) in [6.45, 7) is 4.15. The monoisotopic (exact) mass is 439 g/mol. The normalized spacial score (nSPS) is 11.4. The summed E-state index contributed by atoms with van der Waals surface area (Å²) in [6.07, 6.45) is 0. The second kappa shape index (κ2) is 8.33. The van der Waals surface area contributed by atoms with Crippen LogP contribution in [-0.2, 0) is 16.6 Å². The Bertz CT molecular complexity index is 1250. The number of thiophene rings is 1. The van der Waals surface area contributed by atoms with Crippen LogP contribution in [0.3, 0.4) is 0 Å².